The van der Waals surface area contributed by atoms with E-state index >= 15 is 0 Å². The average Bonchev–Trinajstić information content (AvgIpc) is 3.08. The summed E-state index contributed by atoms with van der Waals surface area (Å²) in [5, 5.41) is 5.45. The fourth-order valence-corrected chi connectivity index (χ4v) is 1.98. The lowest BCUT2D eigenvalue weighted by Gasteiger charge is -1.98. The normalized spacial score (nSPS) is 10.8. The van der Waals surface area contributed by atoms with Crippen LogP contribution < -0.4 is 5.43 Å². The van der Waals surface area contributed by atoms with Crippen molar-refractivity contribution in [1.82, 2.24) is 20.4 Å². The van der Waals surface area contributed by atoms with E-state index in [1.807, 2.05) is 6.92 Å². The van der Waals surface area contributed by atoms with Crippen LogP contribution in [0.5, 0.6) is 0 Å². The molecule has 0 aliphatic rings. The molecule has 0 spiro atoms. The van der Waals surface area contributed by atoms with Gasteiger partial charge in [0.2, 0.25) is 5.91 Å². The molecule has 0 unspecified atom stereocenters. The van der Waals surface area contributed by atoms with E-state index in [0.717, 1.165) is 5.69 Å². The van der Waals surface area contributed by atoms with Crippen LogP contribution in [0.25, 0.3) is 0 Å². The minimum Gasteiger partial charge on any atom is -0.348 e. The molecule has 7 nitrogen and oxygen atoms in total. The minimum atomic E-state index is -0.321. The number of aryl methyl sites for hydroxylation is 1. The lowest BCUT2D eigenvalue weighted by molar-refractivity contribution is -0.121. The number of hydrogen-bond donors (Lipinski definition) is 2. The van der Waals surface area contributed by atoms with Gasteiger partial charge in [0.05, 0.1) is 18.1 Å². The van der Waals surface area contributed by atoms with E-state index in [2.05, 4.69) is 25.5 Å². The number of Topliss-reactive ketones (excluding diaryl/α,β-unsaturated/α-hetero) is 1. The number of rotatable bonds is 6. The topological polar surface area (TPSA) is 100 Å². The van der Waals surface area contributed by atoms with Crippen molar-refractivity contribution in [2.45, 2.75) is 19.8 Å². The van der Waals surface area contributed by atoms with Crippen LogP contribution in [0.3, 0.4) is 0 Å². The molecule has 0 radical (unpaired) electrons. The van der Waals surface area contributed by atoms with Crippen molar-refractivity contribution in [2.24, 2.45) is 5.10 Å². The second kappa shape index (κ2) is 6.71. The molecule has 0 aromatic carbocycles. The van der Waals surface area contributed by atoms with Crippen molar-refractivity contribution >= 4 is 29.2 Å². The summed E-state index contributed by atoms with van der Waals surface area (Å²) in [6, 6.07) is 0. The molecule has 0 aliphatic carbocycles. The highest BCUT2D eigenvalue weighted by molar-refractivity contribution is 7.07. The van der Waals surface area contributed by atoms with Gasteiger partial charge < -0.3 is 4.98 Å². The number of nitrogens with zero attached hydrogens (tertiary/aromatic N) is 3. The maximum atomic E-state index is 11.6. The Morgan fingerprint density at radius 3 is 2.95 bits per heavy atom. The van der Waals surface area contributed by atoms with Gasteiger partial charge in [0.15, 0.2) is 5.78 Å². The first-order valence-electron chi connectivity index (χ1n) is 5.90. The monoisotopic (exact) mass is 291 g/mol. The molecule has 2 aromatic rings. The number of hydrogen-bond acceptors (Lipinski definition) is 6. The van der Waals surface area contributed by atoms with E-state index in [-0.39, 0.29) is 24.5 Å². The Morgan fingerprint density at radius 1 is 1.45 bits per heavy atom. The summed E-state index contributed by atoms with van der Waals surface area (Å²) in [4.78, 5) is 33.9. The fourth-order valence-electron chi connectivity index (χ4n) is 1.43. The zero-order valence-electron chi connectivity index (χ0n) is 10.8. The highest BCUT2D eigenvalue weighted by Gasteiger charge is 2.10. The van der Waals surface area contributed by atoms with E-state index in [9.17, 15) is 9.59 Å². The Morgan fingerprint density at radius 2 is 2.30 bits per heavy atom. The van der Waals surface area contributed by atoms with Crippen molar-refractivity contribution in [3.05, 3.63) is 34.3 Å². The molecule has 2 heterocycles. The number of hydrazone groups is 1. The van der Waals surface area contributed by atoms with E-state index in [1.54, 1.807) is 17.2 Å². The molecule has 0 aliphatic heterocycles. The van der Waals surface area contributed by atoms with Gasteiger partial charge in [-0.3, -0.25) is 9.59 Å². The molecule has 0 fully saturated rings. The molecule has 2 aromatic heterocycles. The maximum Gasteiger partial charge on any atom is 0.240 e. The van der Waals surface area contributed by atoms with E-state index in [4.69, 9.17) is 0 Å². The van der Waals surface area contributed by atoms with Crippen LogP contribution in [0.1, 0.15) is 34.7 Å². The third-order valence-corrected chi connectivity index (χ3v) is 3.13. The van der Waals surface area contributed by atoms with Crippen LogP contribution >= 0.6 is 11.3 Å². The van der Waals surface area contributed by atoms with E-state index in [1.165, 1.54) is 17.6 Å². The van der Waals surface area contributed by atoms with Crippen molar-refractivity contribution < 1.29 is 9.59 Å². The van der Waals surface area contributed by atoms with Crippen molar-refractivity contribution in [2.75, 3.05) is 0 Å². The second-order valence-electron chi connectivity index (χ2n) is 4.00. The molecule has 20 heavy (non-hydrogen) atoms. The number of imidazole rings is 1. The van der Waals surface area contributed by atoms with Gasteiger partial charge in [-0.05, 0) is 6.92 Å². The van der Waals surface area contributed by atoms with Gasteiger partial charge in [0, 0.05) is 23.9 Å². The maximum absolute atomic E-state index is 11.6. The Hall–Kier alpha value is -2.35. The van der Waals surface area contributed by atoms with Gasteiger partial charge in [0.25, 0.3) is 0 Å². The minimum absolute atomic E-state index is 0.0766. The Balaban J connectivity index is 1.75. The van der Waals surface area contributed by atoms with Gasteiger partial charge in [-0.25, -0.2) is 15.4 Å². The van der Waals surface area contributed by atoms with Crippen LogP contribution in [-0.2, 0) is 4.79 Å². The fraction of sp³-hybridized carbons (Fsp3) is 0.250. The first-order chi connectivity index (χ1) is 9.66. The summed E-state index contributed by atoms with van der Waals surface area (Å²) in [5.74, 6) is -0.466. The van der Waals surface area contributed by atoms with Crippen LogP contribution in [0.15, 0.2) is 22.3 Å². The molecule has 0 saturated carbocycles. The summed E-state index contributed by atoms with van der Waals surface area (Å²) < 4.78 is 0. The summed E-state index contributed by atoms with van der Waals surface area (Å²) in [6.45, 7) is 1.85. The number of ketones is 1. The molecule has 2 rings (SSSR count). The van der Waals surface area contributed by atoms with Crippen molar-refractivity contribution in [1.29, 1.82) is 0 Å². The quantitative estimate of drug-likeness (QED) is 0.476. The van der Waals surface area contributed by atoms with Crippen LogP contribution in [0.4, 0.5) is 0 Å². The molecular formula is C12H13N5O2S. The molecule has 8 heteroatoms. The Labute approximate surface area is 119 Å². The highest BCUT2D eigenvalue weighted by atomic mass is 32.1. The number of nitrogens with one attached hydrogen (secondary N) is 2. The van der Waals surface area contributed by atoms with Crippen LogP contribution in [0.2, 0.25) is 0 Å². The number of thiazole rings is 1. The van der Waals surface area contributed by atoms with Gasteiger partial charge in [-0.2, -0.15) is 5.10 Å². The number of carbonyl (C=O) groups is 2. The smallest absolute Gasteiger partial charge is 0.240 e. The molecular weight excluding hydrogens is 278 g/mol. The molecule has 0 atom stereocenters. The standard InChI is InChI=1S/C12H13N5O2S/c1-8-9(14-6-13-8)4-16-17-12(19)3-2-11(18)10-5-20-7-15-10/h4-7H,2-3H2,1H3,(H,13,14)(H,17,19)/b16-4+. The molecule has 104 valence electrons. The zero-order chi connectivity index (χ0) is 14.4. The summed E-state index contributed by atoms with van der Waals surface area (Å²) in [6.07, 6.45) is 3.19. The lowest BCUT2D eigenvalue weighted by Crippen LogP contribution is -2.18. The van der Waals surface area contributed by atoms with E-state index in [0.29, 0.717) is 11.4 Å². The van der Waals surface area contributed by atoms with Crippen molar-refractivity contribution in [3.8, 4) is 0 Å². The number of aromatic amines is 1. The average molecular weight is 291 g/mol. The SMILES string of the molecule is Cc1[nH]cnc1/C=N/NC(=O)CCC(=O)c1cscn1. The first kappa shape index (κ1) is 14.1. The Kier molecular flexibility index (Phi) is 4.72. The molecule has 1 amide bonds. The largest absolute Gasteiger partial charge is 0.348 e. The van der Waals surface area contributed by atoms with Gasteiger partial charge >= 0.3 is 0 Å². The summed E-state index contributed by atoms with van der Waals surface area (Å²) >= 11 is 1.35. The number of carbonyl (C=O) groups excluding carboxylic acids is 2. The number of amides is 1. The van der Waals surface area contributed by atoms with E-state index < -0.39 is 0 Å². The predicted octanol–water partition coefficient (Wildman–Crippen LogP) is 1.29. The molecule has 2 N–H and O–H groups in total. The third kappa shape index (κ3) is 3.82. The third-order valence-electron chi connectivity index (χ3n) is 2.54. The summed E-state index contributed by atoms with van der Waals surface area (Å²) in [5.41, 5.74) is 5.86. The predicted molar refractivity (Wildman–Crippen MR) is 74.7 cm³/mol. The highest BCUT2D eigenvalue weighted by Crippen LogP contribution is 2.06. The second-order valence-corrected chi connectivity index (χ2v) is 4.72. The Bertz CT molecular complexity index is 618. The first-order valence-corrected chi connectivity index (χ1v) is 6.84. The van der Waals surface area contributed by atoms with Gasteiger partial charge in [0.1, 0.15) is 11.4 Å². The summed E-state index contributed by atoms with van der Waals surface area (Å²) in [7, 11) is 0. The number of H-pyrrole nitrogens is 1. The molecule has 0 bridgehead atoms. The zero-order valence-corrected chi connectivity index (χ0v) is 11.6. The lowest BCUT2D eigenvalue weighted by atomic mass is 10.2. The van der Waals surface area contributed by atoms with Gasteiger partial charge in [-0.1, -0.05) is 0 Å². The molecule has 0 saturated heterocycles. The van der Waals surface area contributed by atoms with Crippen molar-refractivity contribution in [3.63, 3.8) is 0 Å². The number of aromatic nitrogens is 3. The van der Waals surface area contributed by atoms with Gasteiger partial charge in [-0.15, -0.1) is 11.3 Å². The van der Waals surface area contributed by atoms with Crippen LogP contribution in [-0.4, -0.2) is 32.9 Å². The van der Waals surface area contributed by atoms with Crippen LogP contribution in [0, 0.1) is 6.92 Å².